The SMILES string of the molecule is CC1(C)CSC(=NCC2CCCOC2)N1. The molecule has 0 aliphatic carbocycles. The molecule has 0 aromatic rings. The molecule has 0 aromatic carbocycles. The number of hydrogen-bond acceptors (Lipinski definition) is 3. The van der Waals surface area contributed by atoms with Gasteiger partial charge in [-0.1, -0.05) is 11.8 Å². The van der Waals surface area contributed by atoms with Gasteiger partial charge in [-0.2, -0.15) is 0 Å². The van der Waals surface area contributed by atoms with Crippen molar-refractivity contribution in [1.82, 2.24) is 5.32 Å². The van der Waals surface area contributed by atoms with Crippen LogP contribution in [0, 0.1) is 5.92 Å². The Balaban J connectivity index is 1.79. The summed E-state index contributed by atoms with van der Waals surface area (Å²) in [6, 6.07) is 0. The highest BCUT2D eigenvalue weighted by Crippen LogP contribution is 2.22. The normalized spacial score (nSPS) is 32.9. The average Bonchev–Trinajstić information content (AvgIpc) is 2.57. The molecule has 0 radical (unpaired) electrons. The van der Waals surface area contributed by atoms with Crippen LogP contribution in [0.4, 0.5) is 0 Å². The van der Waals surface area contributed by atoms with Gasteiger partial charge in [-0.15, -0.1) is 0 Å². The first-order valence-corrected chi connectivity index (χ1v) is 6.67. The summed E-state index contributed by atoms with van der Waals surface area (Å²) in [6.45, 7) is 7.18. The summed E-state index contributed by atoms with van der Waals surface area (Å²) in [5.41, 5.74) is 0.215. The van der Waals surface area contributed by atoms with Gasteiger partial charge in [0.25, 0.3) is 0 Å². The van der Waals surface area contributed by atoms with Crippen LogP contribution in [0.3, 0.4) is 0 Å². The number of nitrogens with zero attached hydrogens (tertiary/aromatic N) is 1. The largest absolute Gasteiger partial charge is 0.381 e. The minimum atomic E-state index is 0.215. The number of aliphatic imine (C=N–C) groups is 1. The lowest BCUT2D eigenvalue weighted by Crippen LogP contribution is -2.37. The lowest BCUT2D eigenvalue weighted by molar-refractivity contribution is 0.0582. The van der Waals surface area contributed by atoms with Crippen molar-refractivity contribution >= 4 is 16.9 Å². The van der Waals surface area contributed by atoms with Crippen LogP contribution in [-0.2, 0) is 4.74 Å². The molecule has 2 saturated heterocycles. The molecular weight excluding hydrogens is 208 g/mol. The highest BCUT2D eigenvalue weighted by Gasteiger charge is 2.27. The van der Waals surface area contributed by atoms with E-state index < -0.39 is 0 Å². The van der Waals surface area contributed by atoms with Crippen molar-refractivity contribution in [2.24, 2.45) is 10.9 Å². The average molecular weight is 228 g/mol. The number of thioether (sulfide) groups is 1. The van der Waals surface area contributed by atoms with Crippen molar-refractivity contribution in [1.29, 1.82) is 0 Å². The fourth-order valence-electron chi connectivity index (χ4n) is 1.86. The number of rotatable bonds is 2. The van der Waals surface area contributed by atoms with Crippen LogP contribution in [0.1, 0.15) is 26.7 Å². The fourth-order valence-corrected chi connectivity index (χ4v) is 2.94. The van der Waals surface area contributed by atoms with Gasteiger partial charge >= 0.3 is 0 Å². The second-order valence-corrected chi connectivity index (χ2v) is 5.99. The Labute approximate surface area is 96.1 Å². The van der Waals surface area contributed by atoms with Crippen LogP contribution in [0.2, 0.25) is 0 Å². The summed E-state index contributed by atoms with van der Waals surface area (Å²) < 4.78 is 5.44. The highest BCUT2D eigenvalue weighted by atomic mass is 32.2. The molecule has 2 heterocycles. The minimum Gasteiger partial charge on any atom is -0.381 e. The van der Waals surface area contributed by atoms with Gasteiger partial charge in [-0.05, 0) is 26.7 Å². The van der Waals surface area contributed by atoms with Gasteiger partial charge in [0.2, 0.25) is 0 Å². The number of ether oxygens (including phenoxy) is 1. The predicted molar refractivity (Wildman–Crippen MR) is 65.5 cm³/mol. The predicted octanol–water partition coefficient (Wildman–Crippen LogP) is 1.88. The maximum atomic E-state index is 5.44. The molecule has 0 bridgehead atoms. The molecular formula is C11H20N2OS. The Hall–Kier alpha value is -0.220. The van der Waals surface area contributed by atoms with Crippen LogP contribution in [-0.4, -0.2) is 36.2 Å². The van der Waals surface area contributed by atoms with E-state index in [4.69, 9.17) is 4.74 Å². The molecule has 4 heteroatoms. The topological polar surface area (TPSA) is 33.6 Å². The molecule has 2 fully saturated rings. The number of amidine groups is 1. The Morgan fingerprint density at radius 2 is 2.47 bits per heavy atom. The third kappa shape index (κ3) is 3.38. The molecule has 0 saturated carbocycles. The molecule has 0 amide bonds. The zero-order chi connectivity index (χ0) is 10.7. The van der Waals surface area contributed by atoms with E-state index in [-0.39, 0.29) is 5.54 Å². The Kier molecular flexibility index (Phi) is 3.57. The Bertz CT molecular complexity index is 247. The van der Waals surface area contributed by atoms with E-state index in [0.717, 1.165) is 30.7 Å². The number of hydrogen-bond donors (Lipinski definition) is 1. The molecule has 1 N–H and O–H groups in total. The van der Waals surface area contributed by atoms with E-state index in [1.165, 1.54) is 12.8 Å². The first kappa shape index (κ1) is 11.3. The molecule has 2 aliphatic rings. The van der Waals surface area contributed by atoms with Gasteiger partial charge < -0.3 is 10.1 Å². The smallest absolute Gasteiger partial charge is 0.157 e. The third-order valence-electron chi connectivity index (χ3n) is 2.76. The molecule has 1 unspecified atom stereocenters. The fraction of sp³-hybridized carbons (Fsp3) is 0.909. The van der Waals surface area contributed by atoms with Gasteiger partial charge in [0, 0.05) is 30.4 Å². The van der Waals surface area contributed by atoms with E-state index in [0.29, 0.717) is 5.92 Å². The first-order valence-electron chi connectivity index (χ1n) is 5.69. The molecule has 15 heavy (non-hydrogen) atoms. The van der Waals surface area contributed by atoms with Gasteiger partial charge in [0.05, 0.1) is 6.61 Å². The molecule has 3 nitrogen and oxygen atoms in total. The highest BCUT2D eigenvalue weighted by molar-refractivity contribution is 8.14. The van der Waals surface area contributed by atoms with Gasteiger partial charge in [-0.3, -0.25) is 4.99 Å². The van der Waals surface area contributed by atoms with Gasteiger partial charge in [0.15, 0.2) is 5.17 Å². The lowest BCUT2D eigenvalue weighted by atomic mass is 10.0. The second-order valence-electron chi connectivity index (χ2n) is 5.03. The van der Waals surface area contributed by atoms with Crippen LogP contribution in [0.5, 0.6) is 0 Å². The minimum absolute atomic E-state index is 0.215. The van der Waals surface area contributed by atoms with E-state index in [1.54, 1.807) is 0 Å². The number of nitrogens with one attached hydrogen (secondary N) is 1. The standard InChI is InChI=1S/C11H20N2OS/c1-11(2)8-15-10(13-11)12-6-9-4-3-5-14-7-9/h9H,3-8H2,1-2H3,(H,12,13). The van der Waals surface area contributed by atoms with E-state index >= 15 is 0 Å². The van der Waals surface area contributed by atoms with Crippen LogP contribution in [0.25, 0.3) is 0 Å². The molecule has 2 rings (SSSR count). The first-order chi connectivity index (χ1) is 7.16. The van der Waals surface area contributed by atoms with Crippen LogP contribution >= 0.6 is 11.8 Å². The lowest BCUT2D eigenvalue weighted by Gasteiger charge is -2.20. The van der Waals surface area contributed by atoms with Crippen LogP contribution < -0.4 is 5.32 Å². The van der Waals surface area contributed by atoms with Gasteiger partial charge in [0.1, 0.15) is 0 Å². The molecule has 2 aliphatic heterocycles. The van der Waals surface area contributed by atoms with E-state index in [9.17, 15) is 0 Å². The van der Waals surface area contributed by atoms with E-state index in [1.807, 2.05) is 11.8 Å². The molecule has 0 spiro atoms. The summed E-state index contributed by atoms with van der Waals surface area (Å²) >= 11 is 1.84. The van der Waals surface area contributed by atoms with E-state index in [2.05, 4.69) is 24.2 Å². The zero-order valence-electron chi connectivity index (χ0n) is 9.58. The maximum absolute atomic E-state index is 5.44. The van der Waals surface area contributed by atoms with Crippen molar-refractivity contribution in [3.05, 3.63) is 0 Å². The summed E-state index contributed by atoms with van der Waals surface area (Å²) in [7, 11) is 0. The molecule has 0 aromatic heterocycles. The van der Waals surface area contributed by atoms with Crippen molar-refractivity contribution < 1.29 is 4.74 Å². The Morgan fingerprint density at radius 3 is 3.07 bits per heavy atom. The van der Waals surface area contributed by atoms with Crippen molar-refractivity contribution in [3.63, 3.8) is 0 Å². The molecule has 86 valence electrons. The van der Waals surface area contributed by atoms with Crippen LogP contribution in [0.15, 0.2) is 4.99 Å². The summed E-state index contributed by atoms with van der Waals surface area (Å²) in [5, 5.41) is 4.56. The van der Waals surface area contributed by atoms with Gasteiger partial charge in [-0.25, -0.2) is 0 Å². The van der Waals surface area contributed by atoms with Crippen molar-refractivity contribution in [2.75, 3.05) is 25.5 Å². The summed E-state index contributed by atoms with van der Waals surface area (Å²) in [5.74, 6) is 1.75. The summed E-state index contributed by atoms with van der Waals surface area (Å²) in [4.78, 5) is 4.63. The monoisotopic (exact) mass is 228 g/mol. The van der Waals surface area contributed by atoms with Crippen molar-refractivity contribution in [2.45, 2.75) is 32.2 Å². The maximum Gasteiger partial charge on any atom is 0.157 e. The zero-order valence-corrected chi connectivity index (χ0v) is 10.4. The quantitative estimate of drug-likeness (QED) is 0.783. The Morgan fingerprint density at radius 1 is 1.60 bits per heavy atom. The summed E-state index contributed by atoms with van der Waals surface area (Å²) in [6.07, 6.45) is 2.46. The third-order valence-corrected chi connectivity index (χ3v) is 4.13. The van der Waals surface area contributed by atoms with Crippen molar-refractivity contribution in [3.8, 4) is 0 Å². The molecule has 1 atom stereocenters. The second kappa shape index (κ2) is 4.74.